The standard InChI is InChI=1S/C77H149N2O7P/c1-7-10-13-16-19-22-25-28-30-32-34-36-37-38-39-40-41-43-45-47-49-52-55-58-61-64-67-70-77(81)86-75(68-65-62-59-56-53-50-27-24-21-18-15-12-9-3)74(73-85-87(82,83)84-72-71-79(4,5)6)78-76(80)69-66-63-60-57-54-51-48-46-44-42-35-33-31-29-26-23-20-17-14-11-8-2/h20,23,29,31,65,68,74-75H,7-19,21-22,24-28,30,32-64,66-67,69-73H2,1-6H3,(H-,78,80,82,83)/p+1/b23-20-,31-29-,68-65-. The van der Waals surface area contributed by atoms with E-state index in [0.717, 1.165) is 64.2 Å². The highest BCUT2D eigenvalue weighted by atomic mass is 31.2. The second kappa shape index (κ2) is 67.1. The summed E-state index contributed by atoms with van der Waals surface area (Å²) < 4.78 is 30.9. The Kier molecular flexibility index (Phi) is 65.8. The highest BCUT2D eigenvalue weighted by Gasteiger charge is 2.30. The average Bonchev–Trinajstić information content (AvgIpc) is 3.69. The van der Waals surface area contributed by atoms with Crippen molar-refractivity contribution in [3.05, 3.63) is 36.5 Å². The third kappa shape index (κ3) is 68.4. The predicted octanol–water partition coefficient (Wildman–Crippen LogP) is 24.6. The average molecular weight is 1250 g/mol. The lowest BCUT2D eigenvalue weighted by Gasteiger charge is -2.27. The van der Waals surface area contributed by atoms with E-state index in [4.69, 9.17) is 13.8 Å². The van der Waals surface area contributed by atoms with E-state index in [1.807, 2.05) is 27.2 Å². The van der Waals surface area contributed by atoms with Crippen LogP contribution in [0.4, 0.5) is 0 Å². The van der Waals surface area contributed by atoms with Gasteiger partial charge in [-0.15, -0.1) is 0 Å². The third-order valence-electron chi connectivity index (χ3n) is 17.6. The summed E-state index contributed by atoms with van der Waals surface area (Å²) in [6.45, 7) is 7.06. The summed E-state index contributed by atoms with van der Waals surface area (Å²) in [5, 5.41) is 3.08. The molecular weight excluding hydrogens is 1100 g/mol. The second-order valence-corrected chi connectivity index (χ2v) is 29.0. The highest BCUT2D eigenvalue weighted by Crippen LogP contribution is 2.43. The highest BCUT2D eigenvalue weighted by molar-refractivity contribution is 7.47. The van der Waals surface area contributed by atoms with Crippen molar-refractivity contribution in [1.29, 1.82) is 0 Å². The lowest BCUT2D eigenvalue weighted by atomic mass is 10.0. The van der Waals surface area contributed by atoms with Gasteiger partial charge in [-0.3, -0.25) is 18.6 Å². The number of nitrogens with one attached hydrogen (secondary N) is 1. The van der Waals surface area contributed by atoms with E-state index in [0.29, 0.717) is 23.9 Å². The molecule has 0 bridgehead atoms. The van der Waals surface area contributed by atoms with Crippen LogP contribution in [0.3, 0.4) is 0 Å². The Labute approximate surface area is 542 Å². The smallest absolute Gasteiger partial charge is 0.456 e. The van der Waals surface area contributed by atoms with Crippen LogP contribution >= 0.6 is 7.82 Å². The van der Waals surface area contributed by atoms with Gasteiger partial charge in [0.2, 0.25) is 5.91 Å². The Morgan fingerprint density at radius 3 is 1.06 bits per heavy atom. The molecule has 0 spiro atoms. The zero-order valence-corrected chi connectivity index (χ0v) is 59.9. The SMILES string of the molecule is CCCCC/C=C\C/C=C\CCCCCCCCCCCCCC(=O)NC(COP(=O)(O)OCC[N+](C)(C)C)C(/C=C\CCCCCCCCCCCCC)OC(=O)CCCCCCCCCCCCCCCCCCCCCCCCCCCCC. The molecule has 0 saturated heterocycles. The van der Waals surface area contributed by atoms with Gasteiger partial charge in [0.25, 0.3) is 0 Å². The summed E-state index contributed by atoms with van der Waals surface area (Å²) in [6, 6.07) is -0.847. The molecule has 0 aliphatic heterocycles. The van der Waals surface area contributed by atoms with Gasteiger partial charge in [0.1, 0.15) is 19.3 Å². The number of amides is 1. The Balaban J connectivity index is 4.97. The van der Waals surface area contributed by atoms with Crippen molar-refractivity contribution in [2.75, 3.05) is 40.9 Å². The van der Waals surface area contributed by atoms with Crippen LogP contribution in [-0.4, -0.2) is 74.3 Å². The predicted molar refractivity (Wildman–Crippen MR) is 379 cm³/mol. The lowest BCUT2D eigenvalue weighted by molar-refractivity contribution is -0.870. The number of unbranched alkanes of at least 4 members (excludes halogenated alkanes) is 51. The Morgan fingerprint density at radius 1 is 0.402 bits per heavy atom. The molecule has 9 nitrogen and oxygen atoms in total. The van der Waals surface area contributed by atoms with Crippen molar-refractivity contribution in [2.45, 2.75) is 405 Å². The number of rotatable bonds is 71. The maximum Gasteiger partial charge on any atom is 0.472 e. The number of carbonyl (C=O) groups excluding carboxylic acids is 2. The van der Waals surface area contributed by atoms with Crippen molar-refractivity contribution < 1.29 is 37.3 Å². The van der Waals surface area contributed by atoms with Crippen molar-refractivity contribution in [3.8, 4) is 0 Å². The monoisotopic (exact) mass is 1250 g/mol. The number of esters is 1. The molecule has 0 aromatic rings. The van der Waals surface area contributed by atoms with E-state index in [9.17, 15) is 19.0 Å². The second-order valence-electron chi connectivity index (χ2n) is 27.5. The molecule has 0 rings (SSSR count). The summed E-state index contributed by atoms with van der Waals surface area (Å²) >= 11 is 0. The summed E-state index contributed by atoms with van der Waals surface area (Å²) in [7, 11) is 1.51. The molecule has 0 heterocycles. The number of phosphoric acid groups is 1. The van der Waals surface area contributed by atoms with Gasteiger partial charge in [0, 0.05) is 12.8 Å². The van der Waals surface area contributed by atoms with E-state index < -0.39 is 20.0 Å². The summed E-state index contributed by atoms with van der Waals surface area (Å²) in [5.74, 6) is -0.484. The molecule has 0 aromatic carbocycles. The normalized spacial score (nSPS) is 13.6. The maximum atomic E-state index is 13.6. The first-order valence-corrected chi connectivity index (χ1v) is 39.8. The van der Waals surface area contributed by atoms with Crippen LogP contribution in [0.1, 0.15) is 393 Å². The van der Waals surface area contributed by atoms with Gasteiger partial charge < -0.3 is 19.4 Å². The molecule has 0 aliphatic carbocycles. The van der Waals surface area contributed by atoms with Crippen LogP contribution in [0.2, 0.25) is 0 Å². The molecule has 0 radical (unpaired) electrons. The number of quaternary nitrogens is 1. The fraction of sp³-hybridized carbons (Fsp3) is 0.896. The number of nitrogens with zero attached hydrogens (tertiary/aromatic N) is 1. The first-order chi connectivity index (χ1) is 42.4. The molecule has 10 heteroatoms. The van der Waals surface area contributed by atoms with E-state index in [-0.39, 0.29) is 25.1 Å². The zero-order chi connectivity index (χ0) is 63.5. The maximum absolute atomic E-state index is 13.6. The molecule has 3 atom stereocenters. The van der Waals surface area contributed by atoms with E-state index in [2.05, 4.69) is 56.5 Å². The molecule has 514 valence electrons. The van der Waals surface area contributed by atoms with Gasteiger partial charge in [-0.1, -0.05) is 353 Å². The summed E-state index contributed by atoms with van der Waals surface area (Å²) in [6.07, 6.45) is 84.6. The quantitative estimate of drug-likeness (QED) is 0.0205. The Bertz CT molecular complexity index is 1580. The van der Waals surface area contributed by atoms with Crippen LogP contribution in [0.25, 0.3) is 0 Å². The molecular formula is C77H150N2O7P+. The Morgan fingerprint density at radius 2 is 0.701 bits per heavy atom. The number of ether oxygens (including phenoxy) is 1. The fourth-order valence-corrected chi connectivity index (χ4v) is 12.4. The number of hydrogen-bond donors (Lipinski definition) is 2. The molecule has 1 amide bonds. The van der Waals surface area contributed by atoms with Gasteiger partial charge in [-0.25, -0.2) is 4.57 Å². The zero-order valence-electron chi connectivity index (χ0n) is 59.0. The largest absolute Gasteiger partial charge is 0.472 e. The molecule has 3 unspecified atom stereocenters. The number of phosphoric ester groups is 1. The van der Waals surface area contributed by atoms with Crippen LogP contribution < -0.4 is 5.32 Å². The summed E-state index contributed by atoms with van der Waals surface area (Å²) in [4.78, 5) is 38.0. The van der Waals surface area contributed by atoms with Crippen LogP contribution in [0.15, 0.2) is 36.5 Å². The molecule has 87 heavy (non-hydrogen) atoms. The molecule has 0 aromatic heterocycles. The van der Waals surface area contributed by atoms with Crippen molar-refractivity contribution in [2.24, 2.45) is 0 Å². The van der Waals surface area contributed by atoms with E-state index >= 15 is 0 Å². The van der Waals surface area contributed by atoms with Gasteiger partial charge in [0.15, 0.2) is 0 Å². The van der Waals surface area contributed by atoms with Gasteiger partial charge >= 0.3 is 13.8 Å². The summed E-state index contributed by atoms with van der Waals surface area (Å²) in [5.41, 5.74) is 0. The minimum atomic E-state index is -4.45. The number of carbonyl (C=O) groups is 2. The van der Waals surface area contributed by atoms with Crippen LogP contribution in [-0.2, 0) is 27.9 Å². The lowest BCUT2D eigenvalue weighted by Crippen LogP contribution is -2.47. The minimum absolute atomic E-state index is 0.0428. The van der Waals surface area contributed by atoms with E-state index in [1.54, 1.807) is 0 Å². The van der Waals surface area contributed by atoms with Gasteiger partial charge in [0.05, 0.1) is 33.8 Å². The number of likely N-dealkylation sites (N-methyl/N-ethyl adjacent to an activating group) is 1. The number of hydrogen-bond acceptors (Lipinski definition) is 6. The first-order valence-electron chi connectivity index (χ1n) is 38.3. The van der Waals surface area contributed by atoms with Crippen molar-refractivity contribution in [3.63, 3.8) is 0 Å². The molecule has 0 fully saturated rings. The van der Waals surface area contributed by atoms with Crippen molar-refractivity contribution in [1.82, 2.24) is 5.32 Å². The van der Waals surface area contributed by atoms with Gasteiger partial charge in [-0.2, -0.15) is 0 Å². The van der Waals surface area contributed by atoms with Gasteiger partial charge in [-0.05, 0) is 63.9 Å². The van der Waals surface area contributed by atoms with Crippen LogP contribution in [0, 0.1) is 0 Å². The van der Waals surface area contributed by atoms with Crippen LogP contribution in [0.5, 0.6) is 0 Å². The van der Waals surface area contributed by atoms with Crippen molar-refractivity contribution >= 4 is 19.7 Å². The number of allylic oxidation sites excluding steroid dienone is 5. The Hall–Kier alpha value is -1.77. The molecule has 2 N–H and O–H groups in total. The topological polar surface area (TPSA) is 111 Å². The van der Waals surface area contributed by atoms with E-state index in [1.165, 1.54) is 295 Å². The minimum Gasteiger partial charge on any atom is -0.456 e. The molecule has 0 aliphatic rings. The third-order valence-corrected chi connectivity index (χ3v) is 18.6. The fourth-order valence-electron chi connectivity index (χ4n) is 11.7. The first kappa shape index (κ1) is 85.2. The molecule has 0 saturated carbocycles.